The lowest BCUT2D eigenvalue weighted by atomic mass is 10.1. The molecule has 0 bridgehead atoms. The van der Waals surface area contributed by atoms with Gasteiger partial charge in [-0.1, -0.05) is 134 Å². The van der Waals surface area contributed by atoms with E-state index < -0.39 is 24.1 Å². The van der Waals surface area contributed by atoms with E-state index in [2.05, 4.69) is 47.2 Å². The van der Waals surface area contributed by atoms with Gasteiger partial charge in [-0.3, -0.25) is 0 Å². The largest absolute Gasteiger partial charge is 0.490 e. The van der Waals surface area contributed by atoms with E-state index in [4.69, 9.17) is 18.9 Å². The molecule has 0 fully saturated rings. The van der Waals surface area contributed by atoms with Gasteiger partial charge in [0.15, 0.2) is 12.2 Å². The van der Waals surface area contributed by atoms with Crippen LogP contribution in [0.2, 0.25) is 0 Å². The second kappa shape index (κ2) is 21.3. The molecule has 0 radical (unpaired) electrons. The van der Waals surface area contributed by atoms with Crippen LogP contribution >= 0.6 is 0 Å². The number of carbonyl (C=O) groups is 2. The lowest BCUT2D eigenvalue weighted by Gasteiger charge is -2.34. The highest BCUT2D eigenvalue weighted by molar-refractivity contribution is 5.81. The maximum atomic E-state index is 12.6. The van der Waals surface area contributed by atoms with Crippen molar-refractivity contribution in [3.63, 3.8) is 0 Å². The number of esters is 2. The van der Waals surface area contributed by atoms with Gasteiger partial charge in [-0.25, -0.2) is 9.59 Å². The van der Waals surface area contributed by atoms with Crippen molar-refractivity contribution in [3.8, 4) is 33.8 Å². The summed E-state index contributed by atoms with van der Waals surface area (Å²) in [6, 6.07) is 55.9. The van der Waals surface area contributed by atoms with Gasteiger partial charge < -0.3 is 28.7 Å². The number of anilines is 2. The Morgan fingerprint density at radius 2 is 0.759 bits per heavy atom. The fourth-order valence-corrected chi connectivity index (χ4v) is 6.46. The number of rotatable bonds is 21. The van der Waals surface area contributed by atoms with Gasteiger partial charge in [0.2, 0.25) is 0 Å². The van der Waals surface area contributed by atoms with Crippen LogP contribution in [0.5, 0.6) is 11.5 Å². The summed E-state index contributed by atoms with van der Waals surface area (Å²) < 4.78 is 24.1. The molecule has 8 heteroatoms. The third-order valence-corrected chi connectivity index (χ3v) is 9.42. The van der Waals surface area contributed by atoms with Crippen LogP contribution in [0.3, 0.4) is 0 Å². The molecule has 0 heterocycles. The molecule has 0 aliphatic rings. The van der Waals surface area contributed by atoms with E-state index in [0.29, 0.717) is 37.7 Å². The van der Waals surface area contributed by atoms with Crippen molar-refractivity contribution in [1.29, 1.82) is 0 Å². The molecule has 2 atom stereocenters. The first-order chi connectivity index (χ1) is 28.5. The quantitative estimate of drug-likeness (QED) is 0.0529. The zero-order valence-corrected chi connectivity index (χ0v) is 32.5. The summed E-state index contributed by atoms with van der Waals surface area (Å²) in [5, 5.41) is 0. The summed E-state index contributed by atoms with van der Waals surface area (Å²) in [6.07, 6.45) is 1.06. The van der Waals surface area contributed by atoms with E-state index in [9.17, 15) is 9.59 Å². The molecule has 6 rings (SSSR count). The third kappa shape index (κ3) is 12.2. The normalized spacial score (nSPS) is 11.7. The smallest absolute Gasteiger partial charge is 0.330 e. The Morgan fingerprint density at radius 1 is 0.448 bits per heavy atom. The van der Waals surface area contributed by atoms with Gasteiger partial charge >= 0.3 is 11.9 Å². The molecule has 58 heavy (non-hydrogen) atoms. The fraction of sp³-hybridized carbons (Fsp3) is 0.160. The van der Waals surface area contributed by atoms with Gasteiger partial charge in [0, 0.05) is 36.6 Å². The van der Waals surface area contributed by atoms with Gasteiger partial charge in [0.05, 0.1) is 13.1 Å². The zero-order chi connectivity index (χ0) is 40.4. The van der Waals surface area contributed by atoms with Crippen LogP contribution in [-0.4, -0.2) is 63.5 Å². The molecule has 8 nitrogen and oxygen atoms in total. The van der Waals surface area contributed by atoms with Gasteiger partial charge in [-0.15, -0.1) is 0 Å². The summed E-state index contributed by atoms with van der Waals surface area (Å²) in [4.78, 5) is 29.5. The first kappa shape index (κ1) is 40.6. The van der Waals surface area contributed by atoms with Crippen molar-refractivity contribution >= 4 is 23.3 Å². The van der Waals surface area contributed by atoms with Crippen molar-refractivity contribution in [2.75, 3.05) is 49.2 Å². The Bertz CT molecular complexity index is 2010. The minimum absolute atomic E-state index is 0.124. The van der Waals surface area contributed by atoms with Crippen molar-refractivity contribution < 1.29 is 28.5 Å². The predicted octanol–water partition coefficient (Wildman–Crippen LogP) is 9.69. The number of nitrogens with zero attached hydrogens (tertiary/aromatic N) is 2. The van der Waals surface area contributed by atoms with Crippen molar-refractivity contribution in [3.05, 3.63) is 195 Å². The molecular weight excluding hydrogens is 725 g/mol. The van der Waals surface area contributed by atoms with Gasteiger partial charge in [0.25, 0.3) is 0 Å². The van der Waals surface area contributed by atoms with E-state index >= 15 is 0 Å². The van der Waals surface area contributed by atoms with Crippen molar-refractivity contribution in [2.45, 2.75) is 12.2 Å². The van der Waals surface area contributed by atoms with Crippen LogP contribution in [-0.2, 0) is 19.1 Å². The van der Waals surface area contributed by atoms with Crippen LogP contribution in [0, 0.1) is 0 Å². The minimum Gasteiger partial charge on any atom is -0.490 e. The Kier molecular flexibility index (Phi) is 14.9. The number of hydrogen-bond acceptors (Lipinski definition) is 8. The summed E-state index contributed by atoms with van der Waals surface area (Å²) in [6.45, 7) is 9.21. The first-order valence-corrected chi connectivity index (χ1v) is 19.3. The molecule has 0 saturated carbocycles. The van der Waals surface area contributed by atoms with E-state index in [0.717, 1.165) is 45.8 Å². The van der Waals surface area contributed by atoms with Crippen LogP contribution < -0.4 is 19.3 Å². The average Bonchev–Trinajstić information content (AvgIpc) is 3.29. The number of para-hydroxylation sites is 2. The van der Waals surface area contributed by atoms with Crippen molar-refractivity contribution in [1.82, 2.24) is 0 Å². The summed E-state index contributed by atoms with van der Waals surface area (Å²) in [5.74, 6) is 0.257. The average molecular weight is 773 g/mol. The fourth-order valence-electron chi connectivity index (χ4n) is 6.46. The molecule has 0 spiro atoms. The Labute approximate surface area is 341 Å². The molecule has 294 valence electrons. The van der Waals surface area contributed by atoms with Gasteiger partial charge in [-0.05, 0) is 70.8 Å². The minimum atomic E-state index is -0.632. The van der Waals surface area contributed by atoms with Gasteiger partial charge in [-0.2, -0.15) is 0 Å². The molecule has 0 aliphatic heterocycles. The molecule has 0 N–H and O–H groups in total. The number of ether oxygens (including phenoxy) is 4. The second-order valence-electron chi connectivity index (χ2n) is 13.5. The van der Waals surface area contributed by atoms with E-state index in [1.165, 1.54) is 0 Å². The van der Waals surface area contributed by atoms with Crippen molar-refractivity contribution in [2.24, 2.45) is 0 Å². The zero-order valence-electron chi connectivity index (χ0n) is 32.5. The second-order valence-corrected chi connectivity index (χ2v) is 13.5. The maximum Gasteiger partial charge on any atom is 0.330 e. The Balaban J connectivity index is 1.17. The van der Waals surface area contributed by atoms with E-state index in [1.807, 2.05) is 146 Å². The Hall–Kier alpha value is -7.06. The first-order valence-electron chi connectivity index (χ1n) is 19.3. The SMILES string of the molecule is C=CC(=O)OC(COc1ccc(-c2ccccc2)cc1)CN(CCN(CC(COc1ccc(-c2ccccc2)cc1)OC(=O)C=C)c1ccccc1)c1ccccc1. The molecule has 6 aromatic carbocycles. The number of hydrogen-bond donors (Lipinski definition) is 0. The molecule has 0 aromatic heterocycles. The van der Waals surface area contributed by atoms with Crippen LogP contribution in [0.15, 0.2) is 195 Å². The summed E-state index contributed by atoms with van der Waals surface area (Å²) >= 11 is 0. The molecular formula is C50H48N2O6. The highest BCUT2D eigenvalue weighted by Crippen LogP contribution is 2.25. The number of carbonyl (C=O) groups excluding carboxylic acids is 2. The predicted molar refractivity (Wildman–Crippen MR) is 232 cm³/mol. The molecule has 0 amide bonds. The summed E-state index contributed by atoms with van der Waals surface area (Å²) in [5.41, 5.74) is 6.26. The lowest BCUT2D eigenvalue weighted by molar-refractivity contribution is -0.144. The highest BCUT2D eigenvalue weighted by atomic mass is 16.6. The Morgan fingerprint density at radius 3 is 1.09 bits per heavy atom. The van der Waals surface area contributed by atoms with E-state index in [1.54, 1.807) is 0 Å². The molecule has 6 aromatic rings. The molecule has 2 unspecified atom stereocenters. The third-order valence-electron chi connectivity index (χ3n) is 9.42. The van der Waals surface area contributed by atoms with Crippen LogP contribution in [0.1, 0.15) is 0 Å². The molecule has 0 aliphatic carbocycles. The topological polar surface area (TPSA) is 77.5 Å². The monoisotopic (exact) mass is 772 g/mol. The standard InChI is InChI=1S/C50H48N2O6/c1-3-49(53)57-47(37-55-45-29-25-41(26-30-45)39-17-9-5-10-18-39)35-51(43-21-13-7-14-22-43)33-34-52(44-23-15-8-16-24-44)36-48(58-50(54)4-2)38-56-46-31-27-42(28-32-46)40-19-11-6-12-20-40/h3-32,47-48H,1-2,33-38H2. The lowest BCUT2D eigenvalue weighted by Crippen LogP contribution is -2.45. The van der Waals surface area contributed by atoms with Crippen LogP contribution in [0.4, 0.5) is 11.4 Å². The molecule has 0 saturated heterocycles. The summed E-state index contributed by atoms with van der Waals surface area (Å²) in [7, 11) is 0. The van der Waals surface area contributed by atoms with Crippen LogP contribution in [0.25, 0.3) is 22.3 Å². The van der Waals surface area contributed by atoms with E-state index in [-0.39, 0.29) is 13.2 Å². The highest BCUT2D eigenvalue weighted by Gasteiger charge is 2.23. The van der Waals surface area contributed by atoms with Gasteiger partial charge in [0.1, 0.15) is 24.7 Å². The number of benzene rings is 6. The maximum absolute atomic E-state index is 12.6.